The van der Waals surface area contributed by atoms with E-state index in [0.29, 0.717) is 61.0 Å². The summed E-state index contributed by atoms with van der Waals surface area (Å²) in [4.78, 5) is 29.1. The van der Waals surface area contributed by atoms with Crippen molar-refractivity contribution in [3.05, 3.63) is 65.1 Å². The van der Waals surface area contributed by atoms with E-state index in [-0.39, 0.29) is 28.9 Å². The summed E-state index contributed by atoms with van der Waals surface area (Å²) in [6, 6.07) is 8.15. The summed E-state index contributed by atoms with van der Waals surface area (Å²) < 4.78 is 10.9. The number of rotatable bonds is 4. The molecule has 0 saturated heterocycles. The SMILES string of the molecule is C[C@@H]1CC[NH2+]c2c(cnc(N)c2C(=N)c2ccc(NC(=O)Nc3cc(C(C)(C)C)on3)cc2)/C=C/CCOCCC(=O)N1. The number of fused-ring (bicyclic) bond motifs is 1. The fourth-order valence-corrected chi connectivity index (χ4v) is 4.53. The molecule has 1 atom stereocenters. The van der Waals surface area contributed by atoms with Crippen LogP contribution in [0.1, 0.15) is 69.4 Å². The normalized spacial score (nSPS) is 17.5. The molecule has 0 fully saturated rings. The Kier molecular flexibility index (Phi) is 10.3. The minimum Gasteiger partial charge on any atom is -0.383 e. The molecule has 43 heavy (non-hydrogen) atoms. The van der Waals surface area contributed by atoms with E-state index in [9.17, 15) is 9.59 Å². The van der Waals surface area contributed by atoms with E-state index < -0.39 is 6.03 Å². The van der Waals surface area contributed by atoms with Crippen LogP contribution in [0.15, 0.2) is 47.1 Å². The van der Waals surface area contributed by atoms with Crippen molar-refractivity contribution in [2.24, 2.45) is 0 Å². The molecule has 0 aliphatic carbocycles. The lowest BCUT2D eigenvalue weighted by Crippen LogP contribution is -2.79. The molecule has 1 aromatic carbocycles. The highest BCUT2D eigenvalue weighted by Gasteiger charge is 2.23. The van der Waals surface area contributed by atoms with Crippen molar-refractivity contribution >= 4 is 46.7 Å². The van der Waals surface area contributed by atoms with Crippen LogP contribution in [0, 0.1) is 5.41 Å². The van der Waals surface area contributed by atoms with Gasteiger partial charge < -0.3 is 30.9 Å². The lowest BCUT2D eigenvalue weighted by molar-refractivity contribution is -0.572. The smallest absolute Gasteiger partial charge is 0.324 e. The maximum atomic E-state index is 12.5. The zero-order chi connectivity index (χ0) is 31.0. The Morgan fingerprint density at radius 2 is 1.95 bits per heavy atom. The van der Waals surface area contributed by atoms with E-state index in [1.54, 1.807) is 36.5 Å². The van der Waals surface area contributed by atoms with Gasteiger partial charge in [0.1, 0.15) is 17.1 Å². The van der Waals surface area contributed by atoms with Crippen LogP contribution in [0.3, 0.4) is 0 Å². The third kappa shape index (κ3) is 8.72. The van der Waals surface area contributed by atoms with Crippen LogP contribution >= 0.6 is 0 Å². The molecule has 0 spiro atoms. The van der Waals surface area contributed by atoms with E-state index in [4.69, 9.17) is 20.4 Å². The van der Waals surface area contributed by atoms with Gasteiger partial charge >= 0.3 is 6.03 Å². The first kappa shape index (κ1) is 31.4. The summed E-state index contributed by atoms with van der Waals surface area (Å²) in [7, 11) is 0. The Balaban J connectivity index is 1.50. The first-order chi connectivity index (χ1) is 20.5. The monoisotopic (exact) mass is 589 g/mol. The largest absolute Gasteiger partial charge is 0.383 e. The van der Waals surface area contributed by atoms with Crippen molar-refractivity contribution in [2.75, 3.05) is 36.1 Å². The molecular formula is C31H41N8O4+. The Morgan fingerprint density at radius 1 is 1.19 bits per heavy atom. The third-order valence-electron chi connectivity index (χ3n) is 6.91. The first-order valence-electron chi connectivity index (χ1n) is 14.4. The first-order valence-corrected chi connectivity index (χ1v) is 14.4. The number of hydrogen-bond donors (Lipinski definition) is 6. The van der Waals surface area contributed by atoms with Crippen LogP contribution in [0.2, 0.25) is 0 Å². The molecule has 2 aromatic heterocycles. The van der Waals surface area contributed by atoms with E-state index in [1.807, 2.05) is 39.8 Å². The number of nitrogens with zero attached hydrogens (tertiary/aromatic N) is 2. The number of nitrogens with two attached hydrogens (primary N) is 2. The zero-order valence-corrected chi connectivity index (χ0v) is 25.1. The topological polar surface area (TPSA) is 185 Å². The van der Waals surface area contributed by atoms with Crippen molar-refractivity contribution in [3.8, 4) is 0 Å². The second-order valence-electron chi connectivity index (χ2n) is 11.5. The zero-order valence-electron chi connectivity index (χ0n) is 25.1. The summed E-state index contributed by atoms with van der Waals surface area (Å²) >= 11 is 0. The molecule has 1 aliphatic heterocycles. The predicted molar refractivity (Wildman–Crippen MR) is 167 cm³/mol. The summed E-state index contributed by atoms with van der Waals surface area (Å²) in [5, 5.41) is 23.5. The Bertz CT molecular complexity index is 1470. The number of nitrogen functional groups attached to an aromatic ring is 1. The van der Waals surface area contributed by atoms with Gasteiger partial charge in [0.15, 0.2) is 11.5 Å². The summed E-state index contributed by atoms with van der Waals surface area (Å²) in [6.45, 7) is 9.51. The average molecular weight is 590 g/mol. The fourth-order valence-electron chi connectivity index (χ4n) is 4.53. The molecule has 12 nitrogen and oxygen atoms in total. The highest BCUT2D eigenvalue weighted by molar-refractivity contribution is 6.16. The van der Waals surface area contributed by atoms with Crippen molar-refractivity contribution in [2.45, 2.75) is 58.4 Å². The molecule has 8 N–H and O–H groups in total. The van der Waals surface area contributed by atoms with E-state index >= 15 is 0 Å². The average Bonchev–Trinajstić information content (AvgIpc) is 3.42. The number of benzene rings is 1. The quantitative estimate of drug-likeness (QED) is 0.249. The van der Waals surface area contributed by atoms with Crippen LogP contribution in [0.5, 0.6) is 0 Å². The number of pyridine rings is 1. The van der Waals surface area contributed by atoms with E-state index in [2.05, 4.69) is 31.4 Å². The number of carbonyl (C=O) groups excluding carboxylic acids is 2. The molecule has 3 heterocycles. The summed E-state index contributed by atoms with van der Waals surface area (Å²) in [5.41, 5.74) is 9.67. The van der Waals surface area contributed by atoms with Crippen molar-refractivity contribution in [1.29, 1.82) is 5.41 Å². The van der Waals surface area contributed by atoms with Crippen LogP contribution in [0.4, 0.5) is 27.8 Å². The Morgan fingerprint density at radius 3 is 2.67 bits per heavy atom. The fraction of sp³-hybridized carbons (Fsp3) is 0.387. The van der Waals surface area contributed by atoms with Gasteiger partial charge in [-0.15, -0.1) is 0 Å². The molecular weight excluding hydrogens is 548 g/mol. The molecule has 1 aliphatic rings. The Hall–Kier alpha value is -4.55. The van der Waals surface area contributed by atoms with Gasteiger partial charge in [-0.1, -0.05) is 50.2 Å². The van der Waals surface area contributed by atoms with E-state index in [1.165, 1.54) is 0 Å². The second kappa shape index (κ2) is 14.1. The number of anilines is 3. The van der Waals surface area contributed by atoms with Crippen molar-refractivity contribution in [1.82, 2.24) is 15.5 Å². The summed E-state index contributed by atoms with van der Waals surface area (Å²) in [6.07, 6.45) is 7.40. The molecule has 3 amide bonds. The van der Waals surface area contributed by atoms with Gasteiger partial charge in [0.05, 0.1) is 31.0 Å². The van der Waals surface area contributed by atoms with Crippen LogP contribution < -0.4 is 27.0 Å². The van der Waals surface area contributed by atoms with Gasteiger partial charge in [0, 0.05) is 47.8 Å². The molecule has 0 saturated carbocycles. The molecule has 0 unspecified atom stereocenters. The molecule has 228 valence electrons. The molecule has 12 heteroatoms. The summed E-state index contributed by atoms with van der Waals surface area (Å²) in [5.74, 6) is 1.20. The van der Waals surface area contributed by atoms with Gasteiger partial charge in [0.2, 0.25) is 5.91 Å². The minimum absolute atomic E-state index is 0.0166. The third-order valence-corrected chi connectivity index (χ3v) is 6.91. The standard InChI is InChI=1S/C31H40N8O4/c1-19-12-14-34-28-21(7-5-6-15-42-16-13-25(40)36-19)18-35-29(33)26(28)27(32)20-8-10-22(11-9-20)37-30(41)38-24-17-23(43-39-24)31(2,3)4/h5,7-11,17-19,32,34H,6,12-16H2,1-4H3,(H2,33,35)(H,36,40)(H2,37,38,39,41)/p+1/b7-5+,32-27?/t19-/m1/s1. The van der Waals surface area contributed by atoms with Gasteiger partial charge in [-0.05, 0) is 25.5 Å². The lowest BCUT2D eigenvalue weighted by atomic mass is 9.93. The van der Waals surface area contributed by atoms with Gasteiger partial charge in [-0.2, -0.15) is 0 Å². The predicted octanol–water partition coefficient (Wildman–Crippen LogP) is 3.92. The number of nitrogens with one attached hydrogen (secondary N) is 4. The maximum absolute atomic E-state index is 12.5. The van der Waals surface area contributed by atoms with Gasteiger partial charge in [-0.25, -0.2) is 9.78 Å². The van der Waals surface area contributed by atoms with Gasteiger partial charge in [0.25, 0.3) is 0 Å². The molecule has 0 radical (unpaired) electrons. The van der Waals surface area contributed by atoms with E-state index in [0.717, 1.165) is 17.7 Å². The van der Waals surface area contributed by atoms with Crippen LogP contribution in [-0.2, 0) is 14.9 Å². The molecule has 3 aromatic rings. The molecule has 4 rings (SSSR count). The van der Waals surface area contributed by atoms with Crippen molar-refractivity contribution in [3.63, 3.8) is 0 Å². The minimum atomic E-state index is -0.465. The Labute approximate surface area is 251 Å². The van der Waals surface area contributed by atoms with Crippen LogP contribution in [-0.4, -0.2) is 53.6 Å². The van der Waals surface area contributed by atoms with Gasteiger partial charge in [-0.3, -0.25) is 15.5 Å². The lowest BCUT2D eigenvalue weighted by Gasteiger charge is -2.16. The highest BCUT2D eigenvalue weighted by atomic mass is 16.5. The number of urea groups is 1. The number of quaternary nitrogens is 1. The molecule has 0 bridgehead atoms. The maximum Gasteiger partial charge on any atom is 0.324 e. The number of aromatic nitrogens is 2. The number of ether oxygens (including phenoxy) is 1. The second-order valence-corrected chi connectivity index (χ2v) is 11.5. The van der Waals surface area contributed by atoms with Crippen molar-refractivity contribution < 1.29 is 24.2 Å². The number of hydrogen-bond acceptors (Lipinski definition) is 8. The van der Waals surface area contributed by atoms with Crippen LogP contribution in [0.25, 0.3) is 6.08 Å². The number of amides is 3. The number of carbonyl (C=O) groups is 2. The highest BCUT2D eigenvalue weighted by Crippen LogP contribution is 2.27.